The molecule has 1 N–H and O–H groups in total. The van der Waals surface area contributed by atoms with Gasteiger partial charge in [0.05, 0.1) is 17.9 Å². The summed E-state index contributed by atoms with van der Waals surface area (Å²) in [5.74, 6) is -0.0575. The molecule has 1 amide bonds. The van der Waals surface area contributed by atoms with E-state index in [9.17, 15) is 4.79 Å². The number of para-hydroxylation sites is 1. The van der Waals surface area contributed by atoms with E-state index < -0.39 is 0 Å². The van der Waals surface area contributed by atoms with Gasteiger partial charge in [0.1, 0.15) is 6.07 Å². The highest BCUT2D eigenvalue weighted by molar-refractivity contribution is 5.92. The summed E-state index contributed by atoms with van der Waals surface area (Å²) in [4.78, 5) is 14.2. The average Bonchev–Trinajstić information content (AvgIpc) is 2.74. The molecule has 1 saturated heterocycles. The molecule has 1 aliphatic rings. The van der Waals surface area contributed by atoms with Crippen molar-refractivity contribution in [3.8, 4) is 6.07 Å². The number of benzene rings is 1. The van der Waals surface area contributed by atoms with E-state index in [1.54, 1.807) is 18.2 Å². The third-order valence-electron chi connectivity index (χ3n) is 3.29. The lowest BCUT2D eigenvalue weighted by atomic mass is 10.2. The fourth-order valence-electron chi connectivity index (χ4n) is 2.18. The molecule has 5 nitrogen and oxygen atoms in total. The van der Waals surface area contributed by atoms with E-state index in [0.29, 0.717) is 17.7 Å². The summed E-state index contributed by atoms with van der Waals surface area (Å²) in [5.41, 5.74) is 1.07. The molecule has 20 heavy (non-hydrogen) atoms. The van der Waals surface area contributed by atoms with Crippen LogP contribution < -0.4 is 5.32 Å². The van der Waals surface area contributed by atoms with Gasteiger partial charge in [-0.15, -0.1) is 0 Å². The Morgan fingerprint density at radius 1 is 1.35 bits per heavy atom. The second-order valence-electron chi connectivity index (χ2n) is 4.76. The van der Waals surface area contributed by atoms with Crippen LogP contribution in [-0.2, 0) is 9.53 Å². The molecule has 106 valence electrons. The van der Waals surface area contributed by atoms with E-state index in [2.05, 4.69) is 16.3 Å². The number of hydrogen-bond donors (Lipinski definition) is 1. The molecule has 0 aromatic heterocycles. The first-order valence-electron chi connectivity index (χ1n) is 6.88. The maximum Gasteiger partial charge on any atom is 0.225 e. The number of carbonyl (C=O) groups excluding carboxylic acids is 1. The van der Waals surface area contributed by atoms with E-state index >= 15 is 0 Å². The van der Waals surface area contributed by atoms with Crippen LogP contribution in [0.25, 0.3) is 0 Å². The zero-order valence-electron chi connectivity index (χ0n) is 11.5. The van der Waals surface area contributed by atoms with Crippen molar-refractivity contribution in [2.75, 3.05) is 38.2 Å². The van der Waals surface area contributed by atoms with Crippen molar-refractivity contribution in [3.63, 3.8) is 0 Å². The fourth-order valence-corrected chi connectivity index (χ4v) is 2.18. The van der Waals surface area contributed by atoms with Gasteiger partial charge in [-0.3, -0.25) is 4.79 Å². The van der Waals surface area contributed by atoms with Crippen LogP contribution in [0.1, 0.15) is 18.4 Å². The highest BCUT2D eigenvalue weighted by Gasteiger charge is 2.12. The van der Waals surface area contributed by atoms with Gasteiger partial charge >= 0.3 is 0 Å². The second-order valence-corrected chi connectivity index (χ2v) is 4.76. The zero-order chi connectivity index (χ0) is 14.2. The van der Waals surface area contributed by atoms with Crippen molar-refractivity contribution in [2.24, 2.45) is 0 Å². The van der Waals surface area contributed by atoms with Gasteiger partial charge < -0.3 is 15.0 Å². The average molecular weight is 273 g/mol. The molecule has 1 heterocycles. The number of nitrogens with zero attached hydrogens (tertiary/aromatic N) is 2. The molecule has 0 radical (unpaired) electrons. The number of nitriles is 1. The van der Waals surface area contributed by atoms with E-state index in [0.717, 1.165) is 39.3 Å². The van der Waals surface area contributed by atoms with Crippen LogP contribution in [0.3, 0.4) is 0 Å². The Morgan fingerprint density at radius 3 is 3.05 bits per heavy atom. The van der Waals surface area contributed by atoms with Crippen LogP contribution in [0.5, 0.6) is 0 Å². The number of ether oxygens (including phenoxy) is 1. The molecular weight excluding hydrogens is 254 g/mol. The quantitative estimate of drug-likeness (QED) is 0.905. The van der Waals surface area contributed by atoms with Gasteiger partial charge in [0.2, 0.25) is 5.91 Å². The molecule has 1 fully saturated rings. The highest BCUT2D eigenvalue weighted by Crippen LogP contribution is 2.13. The molecule has 1 aromatic carbocycles. The highest BCUT2D eigenvalue weighted by atomic mass is 16.5. The number of hydrogen-bond acceptors (Lipinski definition) is 4. The first-order valence-corrected chi connectivity index (χ1v) is 6.88. The first-order chi connectivity index (χ1) is 9.79. The fraction of sp³-hybridized carbons (Fsp3) is 0.467. The van der Waals surface area contributed by atoms with Gasteiger partial charge in [0.15, 0.2) is 0 Å². The van der Waals surface area contributed by atoms with Crippen LogP contribution in [-0.4, -0.2) is 43.7 Å². The van der Waals surface area contributed by atoms with Crippen molar-refractivity contribution in [3.05, 3.63) is 29.8 Å². The van der Waals surface area contributed by atoms with Crippen LogP contribution >= 0.6 is 0 Å². The van der Waals surface area contributed by atoms with Crippen molar-refractivity contribution in [1.82, 2.24) is 4.90 Å². The predicted octanol–water partition coefficient (Wildman–Crippen LogP) is 1.61. The van der Waals surface area contributed by atoms with E-state index in [-0.39, 0.29) is 5.91 Å². The van der Waals surface area contributed by atoms with Crippen LogP contribution in [0, 0.1) is 11.3 Å². The Labute approximate surface area is 119 Å². The van der Waals surface area contributed by atoms with Crippen LogP contribution in [0.4, 0.5) is 5.69 Å². The van der Waals surface area contributed by atoms with E-state index in [1.807, 2.05) is 6.07 Å². The molecule has 1 aliphatic heterocycles. The first kappa shape index (κ1) is 14.5. The number of nitrogens with one attached hydrogen (secondary N) is 1. The van der Waals surface area contributed by atoms with Crippen molar-refractivity contribution < 1.29 is 9.53 Å². The maximum absolute atomic E-state index is 11.9. The smallest absolute Gasteiger partial charge is 0.225 e. The zero-order valence-corrected chi connectivity index (χ0v) is 11.5. The molecule has 0 atom stereocenters. The number of rotatable bonds is 4. The molecule has 0 spiro atoms. The molecular formula is C15H19N3O2. The predicted molar refractivity (Wildman–Crippen MR) is 76.3 cm³/mol. The third kappa shape index (κ3) is 4.34. The largest absolute Gasteiger partial charge is 0.380 e. The molecule has 5 heteroatoms. The molecule has 0 bridgehead atoms. The lowest BCUT2D eigenvalue weighted by molar-refractivity contribution is -0.116. The molecule has 2 rings (SSSR count). The molecule has 0 saturated carbocycles. The van der Waals surface area contributed by atoms with Crippen molar-refractivity contribution in [1.29, 1.82) is 5.26 Å². The van der Waals surface area contributed by atoms with Crippen molar-refractivity contribution >= 4 is 11.6 Å². The normalized spacial score (nSPS) is 16.1. The summed E-state index contributed by atoms with van der Waals surface area (Å²) in [6.45, 7) is 4.12. The molecule has 1 aromatic rings. The Morgan fingerprint density at radius 2 is 2.20 bits per heavy atom. The lowest BCUT2D eigenvalue weighted by Gasteiger charge is -2.18. The van der Waals surface area contributed by atoms with Crippen LogP contribution in [0.2, 0.25) is 0 Å². The van der Waals surface area contributed by atoms with Gasteiger partial charge in [-0.25, -0.2) is 0 Å². The Bertz CT molecular complexity index is 488. The van der Waals surface area contributed by atoms with Gasteiger partial charge in [-0.2, -0.15) is 5.26 Å². The minimum Gasteiger partial charge on any atom is -0.380 e. The summed E-state index contributed by atoms with van der Waals surface area (Å²) >= 11 is 0. The van der Waals surface area contributed by atoms with Gasteiger partial charge in [0.25, 0.3) is 0 Å². The Balaban J connectivity index is 1.81. The number of carbonyl (C=O) groups is 1. The Hall–Kier alpha value is -1.90. The van der Waals surface area contributed by atoms with Crippen molar-refractivity contribution in [2.45, 2.75) is 12.8 Å². The van der Waals surface area contributed by atoms with Crippen LogP contribution in [0.15, 0.2) is 24.3 Å². The van der Waals surface area contributed by atoms with E-state index in [1.165, 1.54) is 0 Å². The summed E-state index contributed by atoms with van der Waals surface area (Å²) < 4.78 is 5.38. The minimum atomic E-state index is -0.0575. The summed E-state index contributed by atoms with van der Waals surface area (Å²) in [6, 6.07) is 9.11. The maximum atomic E-state index is 11.9. The monoisotopic (exact) mass is 273 g/mol. The molecule has 0 unspecified atom stereocenters. The molecule has 0 aliphatic carbocycles. The summed E-state index contributed by atoms with van der Waals surface area (Å²) in [7, 11) is 0. The summed E-state index contributed by atoms with van der Waals surface area (Å²) in [5, 5.41) is 11.8. The lowest BCUT2D eigenvalue weighted by Crippen LogP contribution is -2.30. The van der Waals surface area contributed by atoms with Gasteiger partial charge in [-0.1, -0.05) is 12.1 Å². The Kier molecular flexibility index (Phi) is 5.54. The minimum absolute atomic E-state index is 0.0575. The standard InChI is InChI=1S/C15H19N3O2/c16-12-13-4-1-2-5-14(13)17-15(19)6-8-18-7-3-10-20-11-9-18/h1-2,4-5H,3,6-11H2,(H,17,19). The number of amides is 1. The summed E-state index contributed by atoms with van der Waals surface area (Å²) in [6.07, 6.45) is 1.44. The number of anilines is 1. The van der Waals surface area contributed by atoms with Gasteiger partial charge in [-0.05, 0) is 18.6 Å². The second kappa shape index (κ2) is 7.63. The van der Waals surface area contributed by atoms with Gasteiger partial charge in [0, 0.05) is 32.7 Å². The third-order valence-corrected chi connectivity index (χ3v) is 3.29. The topological polar surface area (TPSA) is 65.4 Å². The van der Waals surface area contributed by atoms with E-state index in [4.69, 9.17) is 10.00 Å². The SMILES string of the molecule is N#Cc1ccccc1NC(=O)CCN1CCCOCC1.